The van der Waals surface area contributed by atoms with Gasteiger partial charge in [-0.25, -0.2) is 13.1 Å². The van der Waals surface area contributed by atoms with Gasteiger partial charge in [-0.3, -0.25) is 14.9 Å². The maximum Gasteiger partial charge on any atom is 0.271 e. The third-order valence-electron chi connectivity index (χ3n) is 4.50. The van der Waals surface area contributed by atoms with Crippen LogP contribution >= 0.6 is 0 Å². The SMILES string of the molecule is COc1ccc([N+](=O)[O-])cc1S(=O)(=O)NCCCN1CCCC(C(N)=O)C1. The lowest BCUT2D eigenvalue weighted by atomic mass is 9.97. The number of benzene rings is 1. The minimum absolute atomic E-state index is 0.0356. The molecule has 1 atom stereocenters. The first-order valence-electron chi connectivity index (χ1n) is 8.58. The summed E-state index contributed by atoms with van der Waals surface area (Å²) >= 11 is 0. The van der Waals surface area contributed by atoms with Gasteiger partial charge in [-0.05, 0) is 38.4 Å². The minimum Gasteiger partial charge on any atom is -0.495 e. The van der Waals surface area contributed by atoms with Crippen molar-refractivity contribution in [1.29, 1.82) is 0 Å². The van der Waals surface area contributed by atoms with Crippen LogP contribution in [0.15, 0.2) is 23.1 Å². The second kappa shape index (κ2) is 9.11. The molecule has 150 valence electrons. The van der Waals surface area contributed by atoms with E-state index in [9.17, 15) is 23.3 Å². The number of hydrogen-bond acceptors (Lipinski definition) is 7. The zero-order valence-corrected chi connectivity index (χ0v) is 15.9. The number of piperidine rings is 1. The number of non-ortho nitro benzene ring substituents is 1. The molecule has 0 aromatic heterocycles. The summed E-state index contributed by atoms with van der Waals surface area (Å²) in [5, 5.41) is 10.9. The fourth-order valence-corrected chi connectivity index (χ4v) is 4.33. The summed E-state index contributed by atoms with van der Waals surface area (Å²) in [6.45, 7) is 2.21. The molecule has 1 saturated heterocycles. The van der Waals surface area contributed by atoms with Gasteiger partial charge in [0.15, 0.2) is 0 Å². The second-order valence-electron chi connectivity index (χ2n) is 6.39. The van der Waals surface area contributed by atoms with Gasteiger partial charge in [-0.2, -0.15) is 0 Å². The molecule has 1 aliphatic rings. The number of amides is 1. The van der Waals surface area contributed by atoms with E-state index in [-0.39, 0.29) is 34.7 Å². The Labute approximate surface area is 157 Å². The average molecular weight is 400 g/mol. The Bertz CT molecular complexity index is 798. The van der Waals surface area contributed by atoms with E-state index in [4.69, 9.17) is 10.5 Å². The Morgan fingerprint density at radius 3 is 2.85 bits per heavy atom. The van der Waals surface area contributed by atoms with Gasteiger partial charge >= 0.3 is 0 Å². The van der Waals surface area contributed by atoms with Gasteiger partial charge in [-0.15, -0.1) is 0 Å². The number of nitro benzene ring substituents is 1. The molecule has 1 unspecified atom stereocenters. The first-order valence-corrected chi connectivity index (χ1v) is 10.1. The number of carbonyl (C=O) groups excluding carboxylic acids is 1. The molecule has 1 aromatic carbocycles. The van der Waals surface area contributed by atoms with Gasteiger partial charge in [-0.1, -0.05) is 0 Å². The molecule has 3 N–H and O–H groups in total. The molecule has 11 heteroatoms. The highest BCUT2D eigenvalue weighted by molar-refractivity contribution is 7.89. The van der Waals surface area contributed by atoms with Crippen LogP contribution in [-0.4, -0.2) is 57.4 Å². The maximum atomic E-state index is 12.5. The topological polar surface area (TPSA) is 145 Å². The molecule has 1 aromatic rings. The molecule has 1 amide bonds. The van der Waals surface area contributed by atoms with Crippen LogP contribution in [-0.2, 0) is 14.8 Å². The number of hydrogen-bond donors (Lipinski definition) is 2. The summed E-state index contributed by atoms with van der Waals surface area (Å²) in [4.78, 5) is 23.3. The van der Waals surface area contributed by atoms with Gasteiger partial charge in [0, 0.05) is 25.2 Å². The zero-order chi connectivity index (χ0) is 20.0. The smallest absolute Gasteiger partial charge is 0.271 e. The highest BCUT2D eigenvalue weighted by Gasteiger charge is 2.25. The molecule has 0 bridgehead atoms. The van der Waals surface area contributed by atoms with Crippen LogP contribution < -0.4 is 15.2 Å². The molecule has 1 aliphatic heterocycles. The summed E-state index contributed by atoms with van der Waals surface area (Å²) in [5.41, 5.74) is 5.02. The fraction of sp³-hybridized carbons (Fsp3) is 0.562. The maximum absolute atomic E-state index is 12.5. The standard InChI is InChI=1S/C16H24N4O6S/c1-26-14-6-5-13(20(22)23)10-15(14)27(24,25)18-7-3-9-19-8-2-4-12(11-19)16(17)21/h5-6,10,12,18H,2-4,7-9,11H2,1H3,(H2,17,21). The number of methoxy groups -OCH3 is 1. The van der Waals surface area contributed by atoms with Crippen molar-refractivity contribution in [2.75, 3.05) is 33.3 Å². The van der Waals surface area contributed by atoms with Crippen molar-refractivity contribution < 1.29 is 22.9 Å². The van der Waals surface area contributed by atoms with Crippen molar-refractivity contribution in [2.24, 2.45) is 11.7 Å². The molecule has 0 radical (unpaired) electrons. The number of nitrogens with one attached hydrogen (secondary N) is 1. The number of nitro groups is 1. The predicted molar refractivity (Wildman–Crippen MR) is 97.8 cm³/mol. The molecule has 0 saturated carbocycles. The number of rotatable bonds is 9. The Morgan fingerprint density at radius 1 is 1.48 bits per heavy atom. The Morgan fingerprint density at radius 2 is 2.22 bits per heavy atom. The lowest BCUT2D eigenvalue weighted by molar-refractivity contribution is -0.385. The lowest BCUT2D eigenvalue weighted by Gasteiger charge is -2.31. The molecule has 2 rings (SSSR count). The second-order valence-corrected chi connectivity index (χ2v) is 8.12. The predicted octanol–water partition coefficient (Wildman–Crippen LogP) is 0.469. The summed E-state index contributed by atoms with van der Waals surface area (Å²) in [7, 11) is -2.66. The Kier molecular flexibility index (Phi) is 7.11. The van der Waals surface area contributed by atoms with Gasteiger partial charge in [0.2, 0.25) is 15.9 Å². The highest BCUT2D eigenvalue weighted by Crippen LogP contribution is 2.28. The van der Waals surface area contributed by atoms with E-state index in [0.29, 0.717) is 19.5 Å². The normalized spacial score (nSPS) is 18.2. The van der Waals surface area contributed by atoms with E-state index in [1.807, 2.05) is 0 Å². The minimum atomic E-state index is -3.96. The summed E-state index contributed by atoms with van der Waals surface area (Å²) < 4.78 is 32.4. The van der Waals surface area contributed by atoms with Gasteiger partial charge < -0.3 is 15.4 Å². The van der Waals surface area contributed by atoms with Gasteiger partial charge in [0.1, 0.15) is 10.6 Å². The number of ether oxygens (including phenoxy) is 1. The first kappa shape index (κ1) is 21.1. The molecular weight excluding hydrogens is 376 g/mol. The monoisotopic (exact) mass is 400 g/mol. The molecular formula is C16H24N4O6S. The number of nitrogens with zero attached hydrogens (tertiary/aromatic N) is 2. The molecule has 0 spiro atoms. The molecule has 27 heavy (non-hydrogen) atoms. The van der Waals surface area contributed by atoms with Crippen molar-refractivity contribution in [3.8, 4) is 5.75 Å². The van der Waals surface area contributed by atoms with E-state index in [1.165, 1.54) is 19.2 Å². The van der Waals surface area contributed by atoms with Crippen molar-refractivity contribution in [3.63, 3.8) is 0 Å². The average Bonchev–Trinajstić information content (AvgIpc) is 2.64. The van der Waals surface area contributed by atoms with Gasteiger partial charge in [0.25, 0.3) is 5.69 Å². The van der Waals surface area contributed by atoms with Crippen LogP contribution in [0.25, 0.3) is 0 Å². The van der Waals surface area contributed by atoms with Crippen LogP contribution in [0, 0.1) is 16.0 Å². The largest absolute Gasteiger partial charge is 0.495 e. The van der Waals surface area contributed by atoms with Crippen molar-refractivity contribution in [3.05, 3.63) is 28.3 Å². The van der Waals surface area contributed by atoms with E-state index in [1.54, 1.807) is 0 Å². The number of likely N-dealkylation sites (tertiary alicyclic amines) is 1. The van der Waals surface area contributed by atoms with Gasteiger partial charge in [0.05, 0.1) is 18.0 Å². The van der Waals surface area contributed by atoms with Crippen molar-refractivity contribution in [2.45, 2.75) is 24.2 Å². The quantitative estimate of drug-likeness (QED) is 0.348. The molecule has 0 aliphatic carbocycles. The summed E-state index contributed by atoms with van der Waals surface area (Å²) in [6.07, 6.45) is 2.19. The summed E-state index contributed by atoms with van der Waals surface area (Å²) in [6, 6.07) is 3.41. The molecule has 1 fully saturated rings. The zero-order valence-electron chi connectivity index (χ0n) is 15.1. The number of sulfonamides is 1. The van der Waals surface area contributed by atoms with Crippen molar-refractivity contribution >= 4 is 21.6 Å². The lowest BCUT2D eigenvalue weighted by Crippen LogP contribution is -2.42. The van der Waals surface area contributed by atoms with Crippen LogP contribution in [0.2, 0.25) is 0 Å². The van der Waals surface area contributed by atoms with E-state index < -0.39 is 14.9 Å². The van der Waals surface area contributed by atoms with Crippen LogP contribution in [0.1, 0.15) is 19.3 Å². The Hall–Kier alpha value is -2.24. The Balaban J connectivity index is 1.94. The van der Waals surface area contributed by atoms with Crippen LogP contribution in [0.5, 0.6) is 5.75 Å². The van der Waals surface area contributed by atoms with Crippen molar-refractivity contribution in [1.82, 2.24) is 9.62 Å². The first-order chi connectivity index (χ1) is 12.7. The number of carbonyl (C=O) groups is 1. The van der Waals surface area contributed by atoms with E-state index in [0.717, 1.165) is 25.5 Å². The third kappa shape index (κ3) is 5.62. The molecule has 10 nitrogen and oxygen atoms in total. The third-order valence-corrected chi connectivity index (χ3v) is 5.98. The highest BCUT2D eigenvalue weighted by atomic mass is 32.2. The van der Waals surface area contributed by atoms with Crippen LogP contribution in [0.3, 0.4) is 0 Å². The van der Waals surface area contributed by atoms with Crippen LogP contribution in [0.4, 0.5) is 5.69 Å². The van der Waals surface area contributed by atoms with E-state index in [2.05, 4.69) is 9.62 Å². The van der Waals surface area contributed by atoms with E-state index >= 15 is 0 Å². The molecule has 1 heterocycles. The fourth-order valence-electron chi connectivity index (χ4n) is 3.07. The summed E-state index contributed by atoms with van der Waals surface area (Å²) in [5.74, 6) is -0.434. The number of nitrogens with two attached hydrogens (primary N) is 1. The number of primary amides is 1.